The van der Waals surface area contributed by atoms with Gasteiger partial charge >= 0.3 is 5.97 Å². The Morgan fingerprint density at radius 1 is 1.03 bits per heavy atom. The van der Waals surface area contributed by atoms with Crippen LogP contribution in [0.25, 0.3) is 0 Å². The Labute approximate surface area is 170 Å². The first kappa shape index (κ1) is 20.6. The standard InChI is InChI=1S/C23H26N2O4/c26-21(27)14-13-20(17-8-3-1-4-9-17)24-22(28)19-12-7-15-25(16-19)23(29)18-10-5-2-6-11-18/h1-6,8-11,19-20H,7,12-16H2,(H,24,28)(H,26,27). The summed E-state index contributed by atoms with van der Waals surface area (Å²) in [4.78, 5) is 38.4. The molecule has 1 aliphatic rings. The zero-order chi connectivity index (χ0) is 20.6. The number of carboxylic acid groups (broad SMARTS) is 1. The molecule has 0 aromatic heterocycles. The molecule has 29 heavy (non-hydrogen) atoms. The highest BCUT2D eigenvalue weighted by Crippen LogP contribution is 2.23. The monoisotopic (exact) mass is 394 g/mol. The Morgan fingerprint density at radius 3 is 2.34 bits per heavy atom. The van der Waals surface area contributed by atoms with Gasteiger partial charge in [0.2, 0.25) is 5.91 Å². The van der Waals surface area contributed by atoms with Crippen LogP contribution in [0.2, 0.25) is 0 Å². The summed E-state index contributed by atoms with van der Waals surface area (Å²) in [5.41, 5.74) is 1.51. The van der Waals surface area contributed by atoms with Crippen molar-refractivity contribution < 1.29 is 19.5 Å². The Morgan fingerprint density at radius 2 is 1.69 bits per heavy atom. The van der Waals surface area contributed by atoms with Crippen LogP contribution in [0.5, 0.6) is 0 Å². The van der Waals surface area contributed by atoms with Crippen molar-refractivity contribution in [1.82, 2.24) is 10.2 Å². The summed E-state index contributed by atoms with van der Waals surface area (Å²) in [6.45, 7) is 1.01. The Hall–Kier alpha value is -3.15. The summed E-state index contributed by atoms with van der Waals surface area (Å²) in [5, 5.41) is 12.1. The first-order valence-electron chi connectivity index (χ1n) is 9.96. The van der Waals surface area contributed by atoms with Crippen LogP contribution in [0.3, 0.4) is 0 Å². The first-order valence-corrected chi connectivity index (χ1v) is 9.96. The van der Waals surface area contributed by atoms with Gasteiger partial charge in [0.05, 0.1) is 12.0 Å². The van der Waals surface area contributed by atoms with Crippen molar-refractivity contribution in [3.05, 3.63) is 71.8 Å². The van der Waals surface area contributed by atoms with Crippen molar-refractivity contribution in [2.75, 3.05) is 13.1 Å². The topological polar surface area (TPSA) is 86.7 Å². The summed E-state index contributed by atoms with van der Waals surface area (Å²) in [6.07, 6.45) is 1.78. The number of rotatable bonds is 7. The van der Waals surface area contributed by atoms with Gasteiger partial charge in [-0.3, -0.25) is 14.4 Å². The number of likely N-dealkylation sites (tertiary alicyclic amines) is 1. The molecule has 3 rings (SSSR count). The quantitative estimate of drug-likeness (QED) is 0.755. The lowest BCUT2D eigenvalue weighted by molar-refractivity contribution is -0.137. The molecule has 0 bridgehead atoms. The van der Waals surface area contributed by atoms with Crippen molar-refractivity contribution >= 4 is 17.8 Å². The van der Waals surface area contributed by atoms with E-state index in [1.165, 1.54) is 0 Å². The maximum atomic E-state index is 12.9. The molecule has 1 aliphatic heterocycles. The molecule has 2 unspecified atom stereocenters. The number of hydrogen-bond donors (Lipinski definition) is 2. The van der Waals surface area contributed by atoms with Gasteiger partial charge in [0.25, 0.3) is 5.91 Å². The predicted molar refractivity (Wildman–Crippen MR) is 109 cm³/mol. The highest BCUT2D eigenvalue weighted by Gasteiger charge is 2.30. The van der Waals surface area contributed by atoms with Crippen LogP contribution in [0.1, 0.15) is 47.6 Å². The van der Waals surface area contributed by atoms with Gasteiger partial charge in [0, 0.05) is 25.1 Å². The molecule has 0 spiro atoms. The molecule has 1 fully saturated rings. The lowest BCUT2D eigenvalue weighted by Gasteiger charge is -2.33. The third-order valence-electron chi connectivity index (χ3n) is 5.27. The van der Waals surface area contributed by atoms with Gasteiger partial charge in [-0.2, -0.15) is 0 Å². The van der Waals surface area contributed by atoms with E-state index in [4.69, 9.17) is 5.11 Å². The number of carbonyl (C=O) groups excluding carboxylic acids is 2. The predicted octanol–water partition coefficient (Wildman–Crippen LogP) is 3.26. The maximum Gasteiger partial charge on any atom is 0.303 e. The highest BCUT2D eigenvalue weighted by atomic mass is 16.4. The molecule has 0 radical (unpaired) electrons. The van der Waals surface area contributed by atoms with E-state index in [-0.39, 0.29) is 30.2 Å². The lowest BCUT2D eigenvalue weighted by atomic mass is 9.94. The van der Waals surface area contributed by atoms with Crippen LogP contribution in [-0.2, 0) is 9.59 Å². The number of carboxylic acids is 1. The second-order valence-corrected chi connectivity index (χ2v) is 7.36. The second kappa shape index (κ2) is 9.87. The molecule has 152 valence electrons. The molecular weight excluding hydrogens is 368 g/mol. The van der Waals surface area contributed by atoms with Crippen molar-refractivity contribution in [1.29, 1.82) is 0 Å². The summed E-state index contributed by atoms with van der Waals surface area (Å²) in [6, 6.07) is 18.1. The van der Waals surface area contributed by atoms with Gasteiger partial charge in [-0.15, -0.1) is 0 Å². The minimum Gasteiger partial charge on any atom is -0.481 e. The summed E-state index contributed by atoms with van der Waals surface area (Å²) < 4.78 is 0. The smallest absolute Gasteiger partial charge is 0.303 e. The molecule has 2 atom stereocenters. The maximum absolute atomic E-state index is 12.9. The molecule has 0 aliphatic carbocycles. The third-order valence-corrected chi connectivity index (χ3v) is 5.27. The van der Waals surface area contributed by atoms with Crippen LogP contribution in [-0.4, -0.2) is 40.9 Å². The van der Waals surface area contributed by atoms with Gasteiger partial charge in [-0.25, -0.2) is 0 Å². The van der Waals surface area contributed by atoms with Crippen LogP contribution in [0.15, 0.2) is 60.7 Å². The van der Waals surface area contributed by atoms with Gasteiger partial charge in [-0.1, -0.05) is 48.5 Å². The van der Waals surface area contributed by atoms with Gasteiger partial charge < -0.3 is 15.3 Å². The summed E-state index contributed by atoms with van der Waals surface area (Å²) in [5.74, 6) is -1.38. The molecule has 6 nitrogen and oxygen atoms in total. The number of nitrogens with zero attached hydrogens (tertiary/aromatic N) is 1. The molecule has 0 saturated carbocycles. The largest absolute Gasteiger partial charge is 0.481 e. The number of nitrogens with one attached hydrogen (secondary N) is 1. The van der Waals surface area contributed by atoms with Crippen LogP contribution < -0.4 is 5.32 Å². The Bertz CT molecular complexity index is 838. The summed E-state index contributed by atoms with van der Waals surface area (Å²) in [7, 11) is 0. The fraction of sp³-hybridized carbons (Fsp3) is 0.348. The number of aliphatic carboxylic acids is 1. The molecule has 1 saturated heterocycles. The van der Waals surface area contributed by atoms with Gasteiger partial charge in [0.1, 0.15) is 0 Å². The molecule has 2 amide bonds. The molecule has 2 aromatic rings. The normalized spacial score (nSPS) is 17.4. The number of piperidine rings is 1. The zero-order valence-corrected chi connectivity index (χ0v) is 16.3. The van der Waals surface area contributed by atoms with Crippen LogP contribution in [0, 0.1) is 5.92 Å². The Balaban J connectivity index is 1.66. The number of hydrogen-bond acceptors (Lipinski definition) is 3. The van der Waals surface area contributed by atoms with Crippen LogP contribution in [0.4, 0.5) is 0 Å². The van der Waals surface area contributed by atoms with Crippen molar-refractivity contribution in [2.45, 2.75) is 31.7 Å². The average molecular weight is 394 g/mol. The minimum atomic E-state index is -0.891. The van der Waals surface area contributed by atoms with E-state index >= 15 is 0 Å². The van der Waals surface area contributed by atoms with Crippen LogP contribution >= 0.6 is 0 Å². The first-order chi connectivity index (χ1) is 14.0. The average Bonchev–Trinajstić information content (AvgIpc) is 2.77. The van der Waals surface area contributed by atoms with Gasteiger partial charge in [0.15, 0.2) is 0 Å². The zero-order valence-electron chi connectivity index (χ0n) is 16.3. The lowest BCUT2D eigenvalue weighted by Crippen LogP contribution is -2.46. The third kappa shape index (κ3) is 5.67. The molecule has 2 N–H and O–H groups in total. The van der Waals surface area contributed by atoms with Crippen molar-refractivity contribution in [2.24, 2.45) is 5.92 Å². The fourth-order valence-corrected chi connectivity index (χ4v) is 3.70. The van der Waals surface area contributed by atoms with E-state index in [1.54, 1.807) is 17.0 Å². The number of amides is 2. The Kier molecular flexibility index (Phi) is 7.00. The second-order valence-electron chi connectivity index (χ2n) is 7.36. The highest BCUT2D eigenvalue weighted by molar-refractivity contribution is 5.94. The molecule has 2 aromatic carbocycles. The molecular formula is C23H26N2O4. The van der Waals surface area contributed by atoms with E-state index < -0.39 is 5.97 Å². The number of benzene rings is 2. The van der Waals surface area contributed by atoms with E-state index in [1.807, 2.05) is 48.5 Å². The van der Waals surface area contributed by atoms with E-state index in [2.05, 4.69) is 5.32 Å². The minimum absolute atomic E-state index is 0.0247. The van der Waals surface area contributed by atoms with Crippen molar-refractivity contribution in [3.8, 4) is 0 Å². The SMILES string of the molecule is O=C(O)CCC(NC(=O)C1CCCN(C(=O)c2ccccc2)C1)c1ccccc1. The van der Waals surface area contributed by atoms with E-state index in [9.17, 15) is 14.4 Å². The number of carbonyl (C=O) groups is 3. The van der Waals surface area contributed by atoms with Crippen molar-refractivity contribution in [3.63, 3.8) is 0 Å². The molecule has 6 heteroatoms. The summed E-state index contributed by atoms with van der Waals surface area (Å²) >= 11 is 0. The molecule has 1 heterocycles. The van der Waals surface area contributed by atoms with Gasteiger partial charge in [-0.05, 0) is 37.0 Å². The fourth-order valence-electron chi connectivity index (χ4n) is 3.70. The van der Waals surface area contributed by atoms with E-state index in [0.29, 0.717) is 31.5 Å². The van der Waals surface area contributed by atoms with E-state index in [0.717, 1.165) is 12.0 Å².